The topological polar surface area (TPSA) is 58.2 Å². The predicted molar refractivity (Wildman–Crippen MR) is 101 cm³/mol. The Morgan fingerprint density at radius 2 is 1.24 bits per heavy atom. The molecule has 0 unspecified atom stereocenters. The lowest BCUT2D eigenvalue weighted by atomic mass is 10.0. The molecule has 0 fully saturated rings. The van der Waals surface area contributed by atoms with Crippen molar-refractivity contribution in [2.24, 2.45) is 0 Å². The van der Waals surface area contributed by atoms with E-state index in [0.717, 1.165) is 15.6 Å². The van der Waals surface area contributed by atoms with E-state index in [1.54, 1.807) is 30.3 Å². The summed E-state index contributed by atoms with van der Waals surface area (Å²) in [5, 5.41) is 0. The Morgan fingerprint density at radius 3 is 1.88 bits per heavy atom. The number of nitrogens with one attached hydrogen (secondary N) is 2. The first-order valence-electron chi connectivity index (χ1n) is 7.65. The first-order chi connectivity index (χ1) is 12.1. The van der Waals surface area contributed by atoms with Crippen LogP contribution in [0.25, 0.3) is 11.1 Å². The molecule has 3 aromatic carbocycles. The number of hydrazine groups is 1. The van der Waals surface area contributed by atoms with Crippen LogP contribution in [0.5, 0.6) is 0 Å². The Balaban J connectivity index is 1.63. The predicted octanol–water partition coefficient (Wildman–Crippen LogP) is 4.19. The molecule has 0 bridgehead atoms. The van der Waals surface area contributed by atoms with Crippen LogP contribution < -0.4 is 10.9 Å². The third kappa shape index (κ3) is 4.33. The lowest BCUT2D eigenvalue weighted by Gasteiger charge is -2.08. The monoisotopic (exact) mass is 394 g/mol. The number of rotatable bonds is 3. The molecule has 0 aliphatic carbocycles. The van der Waals surface area contributed by atoms with E-state index in [-0.39, 0.29) is 11.8 Å². The summed E-state index contributed by atoms with van der Waals surface area (Å²) >= 11 is 3.31. The summed E-state index contributed by atoms with van der Waals surface area (Å²) in [6.45, 7) is 0. The van der Waals surface area contributed by atoms with Crippen molar-refractivity contribution in [3.8, 4) is 11.1 Å². The van der Waals surface area contributed by atoms with E-state index >= 15 is 0 Å². The Morgan fingerprint density at radius 1 is 0.640 bits per heavy atom. The van der Waals surface area contributed by atoms with Crippen molar-refractivity contribution in [2.45, 2.75) is 0 Å². The number of carbonyl (C=O) groups excluding carboxylic acids is 2. The summed E-state index contributed by atoms with van der Waals surface area (Å²) in [5.74, 6) is -0.751. The number of hydrogen-bond acceptors (Lipinski definition) is 2. The van der Waals surface area contributed by atoms with E-state index in [2.05, 4.69) is 26.8 Å². The Labute approximate surface area is 154 Å². The minimum Gasteiger partial charge on any atom is -0.267 e. The van der Waals surface area contributed by atoms with Gasteiger partial charge in [-0.05, 0) is 41.5 Å². The van der Waals surface area contributed by atoms with E-state index in [1.807, 2.05) is 48.5 Å². The molecule has 0 saturated heterocycles. The van der Waals surface area contributed by atoms with Crippen molar-refractivity contribution in [2.75, 3.05) is 0 Å². The van der Waals surface area contributed by atoms with Gasteiger partial charge < -0.3 is 0 Å². The van der Waals surface area contributed by atoms with Gasteiger partial charge in [0.1, 0.15) is 0 Å². The molecule has 2 amide bonds. The van der Waals surface area contributed by atoms with Gasteiger partial charge >= 0.3 is 0 Å². The maximum atomic E-state index is 12.2. The van der Waals surface area contributed by atoms with Crippen molar-refractivity contribution in [1.29, 1.82) is 0 Å². The molecule has 0 spiro atoms. The number of hydrogen-bond donors (Lipinski definition) is 2. The zero-order valence-corrected chi connectivity index (χ0v) is 14.8. The van der Waals surface area contributed by atoms with Crippen molar-refractivity contribution in [3.05, 3.63) is 94.5 Å². The third-order valence-electron chi connectivity index (χ3n) is 3.63. The molecule has 3 aromatic rings. The normalized spacial score (nSPS) is 10.1. The molecule has 3 rings (SSSR count). The van der Waals surface area contributed by atoms with Crippen LogP contribution >= 0.6 is 15.9 Å². The van der Waals surface area contributed by atoms with Gasteiger partial charge in [0, 0.05) is 15.6 Å². The van der Waals surface area contributed by atoms with Crippen LogP contribution in [0.3, 0.4) is 0 Å². The maximum Gasteiger partial charge on any atom is 0.269 e. The minimum absolute atomic E-state index is 0.372. The van der Waals surface area contributed by atoms with Gasteiger partial charge in [0.2, 0.25) is 0 Å². The van der Waals surface area contributed by atoms with Crippen LogP contribution in [0.15, 0.2) is 83.3 Å². The highest BCUT2D eigenvalue weighted by atomic mass is 79.9. The summed E-state index contributed by atoms with van der Waals surface area (Å²) in [6.07, 6.45) is 0. The van der Waals surface area contributed by atoms with E-state index in [1.165, 1.54) is 0 Å². The zero-order valence-electron chi connectivity index (χ0n) is 13.2. The number of amides is 2. The molecule has 5 heteroatoms. The van der Waals surface area contributed by atoms with Crippen LogP contribution in [0.1, 0.15) is 20.7 Å². The second-order valence-corrected chi connectivity index (χ2v) is 6.28. The van der Waals surface area contributed by atoms with E-state index in [9.17, 15) is 9.59 Å². The van der Waals surface area contributed by atoms with E-state index in [0.29, 0.717) is 11.1 Å². The first kappa shape index (κ1) is 16.9. The zero-order chi connectivity index (χ0) is 17.6. The van der Waals surface area contributed by atoms with Crippen LogP contribution in [-0.2, 0) is 0 Å². The largest absolute Gasteiger partial charge is 0.269 e. The van der Waals surface area contributed by atoms with Gasteiger partial charge in [-0.15, -0.1) is 0 Å². The maximum absolute atomic E-state index is 12.2. The molecule has 0 atom stereocenters. The van der Waals surface area contributed by atoms with E-state index in [4.69, 9.17) is 0 Å². The van der Waals surface area contributed by atoms with Crippen LogP contribution in [0.4, 0.5) is 0 Å². The quantitative estimate of drug-likeness (QED) is 0.654. The fourth-order valence-corrected chi connectivity index (χ4v) is 2.73. The fourth-order valence-electron chi connectivity index (χ4n) is 2.33. The Bertz CT molecular complexity index is 893. The molecule has 0 aromatic heterocycles. The smallest absolute Gasteiger partial charge is 0.267 e. The van der Waals surface area contributed by atoms with Crippen molar-refractivity contribution in [3.63, 3.8) is 0 Å². The third-order valence-corrected chi connectivity index (χ3v) is 4.12. The SMILES string of the molecule is O=C(NNC(=O)c1cccc(Br)c1)c1ccc(-c2ccccc2)cc1. The Hall–Kier alpha value is -2.92. The summed E-state index contributed by atoms with van der Waals surface area (Å²) < 4.78 is 0.794. The molecule has 25 heavy (non-hydrogen) atoms. The molecule has 0 heterocycles. The van der Waals surface area contributed by atoms with Crippen molar-refractivity contribution < 1.29 is 9.59 Å². The highest BCUT2D eigenvalue weighted by molar-refractivity contribution is 9.10. The first-order valence-corrected chi connectivity index (χ1v) is 8.44. The molecule has 0 saturated carbocycles. The van der Waals surface area contributed by atoms with Gasteiger partial charge in [-0.25, -0.2) is 0 Å². The van der Waals surface area contributed by atoms with Gasteiger partial charge in [-0.3, -0.25) is 20.4 Å². The lowest BCUT2D eigenvalue weighted by molar-refractivity contribution is 0.0846. The fraction of sp³-hybridized carbons (Fsp3) is 0. The highest BCUT2D eigenvalue weighted by Crippen LogP contribution is 2.19. The molecule has 0 aliphatic heterocycles. The molecule has 0 aliphatic rings. The number of benzene rings is 3. The van der Waals surface area contributed by atoms with Gasteiger partial charge in [-0.1, -0.05) is 64.5 Å². The molecule has 2 N–H and O–H groups in total. The summed E-state index contributed by atoms with van der Waals surface area (Å²) in [4.78, 5) is 24.2. The molecule has 0 radical (unpaired) electrons. The number of halogens is 1. The molecular formula is C20H15BrN2O2. The van der Waals surface area contributed by atoms with Crippen molar-refractivity contribution in [1.82, 2.24) is 10.9 Å². The van der Waals surface area contributed by atoms with Crippen LogP contribution in [0, 0.1) is 0 Å². The van der Waals surface area contributed by atoms with Gasteiger partial charge in [0.25, 0.3) is 11.8 Å². The average molecular weight is 395 g/mol. The summed E-state index contributed by atoms with van der Waals surface area (Å²) in [6, 6.07) is 24.0. The molecular weight excluding hydrogens is 380 g/mol. The molecule has 4 nitrogen and oxygen atoms in total. The average Bonchev–Trinajstić information content (AvgIpc) is 2.66. The summed E-state index contributed by atoms with van der Waals surface area (Å²) in [7, 11) is 0. The lowest BCUT2D eigenvalue weighted by Crippen LogP contribution is -2.41. The summed E-state index contributed by atoms with van der Waals surface area (Å²) in [5.41, 5.74) is 7.86. The van der Waals surface area contributed by atoms with E-state index < -0.39 is 0 Å². The van der Waals surface area contributed by atoms with Crippen molar-refractivity contribution >= 4 is 27.7 Å². The number of carbonyl (C=O) groups is 2. The Kier molecular flexibility index (Phi) is 5.26. The van der Waals surface area contributed by atoms with Crippen LogP contribution in [-0.4, -0.2) is 11.8 Å². The second-order valence-electron chi connectivity index (χ2n) is 5.36. The van der Waals surface area contributed by atoms with Gasteiger partial charge in [-0.2, -0.15) is 0 Å². The molecule has 124 valence electrons. The standard InChI is InChI=1S/C20H15BrN2O2/c21-18-8-4-7-17(13-18)20(25)23-22-19(24)16-11-9-15(10-12-16)14-5-2-1-3-6-14/h1-13H,(H,22,24)(H,23,25). The minimum atomic E-state index is -0.379. The van der Waals surface area contributed by atoms with Gasteiger partial charge in [0.05, 0.1) is 0 Å². The second kappa shape index (κ2) is 7.77. The van der Waals surface area contributed by atoms with Crippen LogP contribution in [0.2, 0.25) is 0 Å². The highest BCUT2D eigenvalue weighted by Gasteiger charge is 2.09. The van der Waals surface area contributed by atoms with Gasteiger partial charge in [0.15, 0.2) is 0 Å².